The van der Waals surface area contributed by atoms with Gasteiger partial charge in [-0.1, -0.05) is 6.07 Å². The molecule has 1 saturated carbocycles. The number of alkyl halides is 2. The van der Waals surface area contributed by atoms with Gasteiger partial charge in [-0.05, 0) is 37.0 Å². The van der Waals surface area contributed by atoms with E-state index in [1.54, 1.807) is 18.2 Å². The van der Waals surface area contributed by atoms with Gasteiger partial charge in [0, 0.05) is 5.69 Å². The van der Waals surface area contributed by atoms with Crippen LogP contribution in [0.25, 0.3) is 0 Å². The SMILES string of the molecule is N#Cc1cccc(NC(=O)NC(C(F)F)C2CC2)c1. The summed E-state index contributed by atoms with van der Waals surface area (Å²) in [5.74, 6) is -0.129. The highest BCUT2D eigenvalue weighted by molar-refractivity contribution is 5.89. The van der Waals surface area contributed by atoms with Crippen LogP contribution in [0, 0.1) is 17.2 Å². The maximum atomic E-state index is 12.7. The van der Waals surface area contributed by atoms with Crippen LogP contribution in [0.1, 0.15) is 18.4 Å². The van der Waals surface area contributed by atoms with E-state index in [9.17, 15) is 13.6 Å². The molecule has 1 aliphatic rings. The smallest absolute Gasteiger partial charge is 0.319 e. The number of benzene rings is 1. The molecule has 2 rings (SSSR count). The average Bonchev–Trinajstić information content (AvgIpc) is 3.20. The lowest BCUT2D eigenvalue weighted by molar-refractivity contribution is 0.0929. The molecule has 1 aliphatic carbocycles. The second-order valence-electron chi connectivity index (χ2n) is 4.49. The molecule has 19 heavy (non-hydrogen) atoms. The van der Waals surface area contributed by atoms with E-state index in [0.29, 0.717) is 11.3 Å². The highest BCUT2D eigenvalue weighted by atomic mass is 19.3. The molecular weight excluding hydrogens is 252 g/mol. The number of rotatable bonds is 4. The minimum absolute atomic E-state index is 0.129. The Hall–Kier alpha value is -2.16. The topological polar surface area (TPSA) is 64.9 Å². The minimum Gasteiger partial charge on any atom is -0.329 e. The van der Waals surface area contributed by atoms with E-state index in [2.05, 4.69) is 10.6 Å². The number of nitrogens with zero attached hydrogens (tertiary/aromatic N) is 1. The summed E-state index contributed by atoms with van der Waals surface area (Å²) in [5.41, 5.74) is 0.797. The standard InChI is InChI=1S/C13H13F2N3O/c14-12(15)11(9-4-5-9)18-13(19)17-10-3-1-2-8(6-10)7-16/h1-3,6,9,11-12H,4-5H2,(H2,17,18,19). The third kappa shape index (κ3) is 3.65. The number of hydrogen-bond donors (Lipinski definition) is 2. The monoisotopic (exact) mass is 265 g/mol. The Morgan fingerprint density at radius 2 is 2.16 bits per heavy atom. The van der Waals surface area contributed by atoms with Crippen LogP contribution in [0.4, 0.5) is 19.3 Å². The molecule has 1 unspecified atom stereocenters. The van der Waals surface area contributed by atoms with Gasteiger partial charge in [-0.15, -0.1) is 0 Å². The Kier molecular flexibility index (Phi) is 3.95. The highest BCUT2D eigenvalue weighted by Crippen LogP contribution is 2.35. The first-order valence-corrected chi connectivity index (χ1v) is 5.96. The largest absolute Gasteiger partial charge is 0.329 e. The third-order valence-electron chi connectivity index (χ3n) is 2.95. The number of urea groups is 1. The lowest BCUT2D eigenvalue weighted by Crippen LogP contribution is -2.43. The Morgan fingerprint density at radius 1 is 1.42 bits per heavy atom. The Morgan fingerprint density at radius 3 is 2.74 bits per heavy atom. The predicted octanol–water partition coefficient (Wildman–Crippen LogP) is 2.72. The maximum absolute atomic E-state index is 12.7. The Labute approximate surface area is 109 Å². The van der Waals surface area contributed by atoms with E-state index in [1.165, 1.54) is 6.07 Å². The van der Waals surface area contributed by atoms with Crippen molar-refractivity contribution in [2.24, 2.45) is 5.92 Å². The second kappa shape index (κ2) is 5.65. The van der Waals surface area contributed by atoms with Gasteiger partial charge in [-0.3, -0.25) is 0 Å². The van der Waals surface area contributed by atoms with E-state index in [-0.39, 0.29) is 5.92 Å². The van der Waals surface area contributed by atoms with Crippen LogP contribution in [0.15, 0.2) is 24.3 Å². The molecule has 1 aromatic carbocycles. The van der Waals surface area contributed by atoms with Crippen LogP contribution in [-0.2, 0) is 0 Å². The Balaban J connectivity index is 1.94. The molecule has 0 bridgehead atoms. The van der Waals surface area contributed by atoms with E-state index in [1.807, 2.05) is 6.07 Å². The molecule has 0 saturated heterocycles. The summed E-state index contributed by atoms with van der Waals surface area (Å²) in [6.45, 7) is 0. The summed E-state index contributed by atoms with van der Waals surface area (Å²) in [6.07, 6.45) is -1.12. The first-order chi connectivity index (χ1) is 9.10. The first kappa shape index (κ1) is 13.3. The van der Waals surface area contributed by atoms with Crippen molar-refractivity contribution in [3.05, 3.63) is 29.8 Å². The molecule has 0 aliphatic heterocycles. The molecule has 6 heteroatoms. The summed E-state index contributed by atoms with van der Waals surface area (Å²) in [7, 11) is 0. The van der Waals surface area contributed by atoms with Gasteiger partial charge in [-0.25, -0.2) is 13.6 Å². The fourth-order valence-corrected chi connectivity index (χ4v) is 1.83. The van der Waals surface area contributed by atoms with Gasteiger partial charge in [0.05, 0.1) is 17.7 Å². The summed E-state index contributed by atoms with van der Waals surface area (Å²) in [5, 5.41) is 13.4. The summed E-state index contributed by atoms with van der Waals surface area (Å²) >= 11 is 0. The van der Waals surface area contributed by atoms with E-state index < -0.39 is 18.5 Å². The minimum atomic E-state index is -2.57. The van der Waals surface area contributed by atoms with Gasteiger partial charge in [0.2, 0.25) is 0 Å². The fourth-order valence-electron chi connectivity index (χ4n) is 1.83. The molecule has 100 valence electrons. The first-order valence-electron chi connectivity index (χ1n) is 5.96. The van der Waals surface area contributed by atoms with E-state index in [0.717, 1.165) is 12.8 Å². The van der Waals surface area contributed by atoms with Crippen LogP contribution >= 0.6 is 0 Å². The predicted molar refractivity (Wildman–Crippen MR) is 65.8 cm³/mol. The summed E-state index contributed by atoms with van der Waals surface area (Å²) < 4.78 is 25.4. The van der Waals surface area contributed by atoms with Crippen molar-refractivity contribution >= 4 is 11.7 Å². The van der Waals surface area contributed by atoms with Crippen LogP contribution in [-0.4, -0.2) is 18.5 Å². The molecule has 1 aromatic rings. The molecule has 0 aromatic heterocycles. The van der Waals surface area contributed by atoms with Crippen LogP contribution in [0.3, 0.4) is 0 Å². The molecule has 2 amide bonds. The van der Waals surface area contributed by atoms with Crippen LogP contribution in [0.5, 0.6) is 0 Å². The zero-order chi connectivity index (χ0) is 13.8. The molecule has 1 fully saturated rings. The van der Waals surface area contributed by atoms with Crippen molar-refractivity contribution in [2.75, 3.05) is 5.32 Å². The molecular formula is C13H13F2N3O. The number of nitrogens with one attached hydrogen (secondary N) is 2. The summed E-state index contributed by atoms with van der Waals surface area (Å²) in [6, 6.07) is 6.44. The number of carbonyl (C=O) groups is 1. The van der Waals surface area contributed by atoms with Crippen molar-refractivity contribution < 1.29 is 13.6 Å². The average molecular weight is 265 g/mol. The van der Waals surface area contributed by atoms with Gasteiger partial charge in [-0.2, -0.15) is 5.26 Å². The van der Waals surface area contributed by atoms with Gasteiger partial charge in [0.1, 0.15) is 0 Å². The molecule has 0 radical (unpaired) electrons. The molecule has 0 heterocycles. The van der Waals surface area contributed by atoms with Gasteiger partial charge >= 0.3 is 6.03 Å². The normalized spacial score (nSPS) is 15.7. The van der Waals surface area contributed by atoms with E-state index >= 15 is 0 Å². The molecule has 1 atom stereocenters. The van der Waals surface area contributed by atoms with Crippen LogP contribution < -0.4 is 10.6 Å². The molecule has 4 nitrogen and oxygen atoms in total. The van der Waals surface area contributed by atoms with Gasteiger partial charge < -0.3 is 10.6 Å². The van der Waals surface area contributed by atoms with Gasteiger partial charge in [0.25, 0.3) is 6.43 Å². The quantitative estimate of drug-likeness (QED) is 0.879. The number of nitriles is 1. The lowest BCUT2D eigenvalue weighted by Gasteiger charge is -2.17. The van der Waals surface area contributed by atoms with Crippen molar-refractivity contribution in [1.82, 2.24) is 5.32 Å². The van der Waals surface area contributed by atoms with Gasteiger partial charge in [0.15, 0.2) is 0 Å². The number of anilines is 1. The number of halogens is 2. The number of carbonyl (C=O) groups excluding carboxylic acids is 1. The highest BCUT2D eigenvalue weighted by Gasteiger charge is 2.38. The lowest BCUT2D eigenvalue weighted by atomic mass is 10.2. The third-order valence-corrected chi connectivity index (χ3v) is 2.95. The van der Waals surface area contributed by atoms with E-state index in [4.69, 9.17) is 5.26 Å². The second-order valence-corrected chi connectivity index (χ2v) is 4.49. The number of hydrogen-bond acceptors (Lipinski definition) is 2. The molecule has 2 N–H and O–H groups in total. The zero-order valence-electron chi connectivity index (χ0n) is 10.1. The maximum Gasteiger partial charge on any atom is 0.319 e. The van der Waals surface area contributed by atoms with Crippen LogP contribution in [0.2, 0.25) is 0 Å². The summed E-state index contributed by atoms with van der Waals surface area (Å²) in [4.78, 5) is 11.6. The van der Waals surface area contributed by atoms with Crippen molar-refractivity contribution in [3.63, 3.8) is 0 Å². The molecule has 0 spiro atoms. The van der Waals surface area contributed by atoms with Crippen molar-refractivity contribution in [2.45, 2.75) is 25.3 Å². The zero-order valence-corrected chi connectivity index (χ0v) is 10.1. The fraction of sp³-hybridized carbons (Fsp3) is 0.385. The van der Waals surface area contributed by atoms with Crippen molar-refractivity contribution in [1.29, 1.82) is 5.26 Å². The van der Waals surface area contributed by atoms with Crippen molar-refractivity contribution in [3.8, 4) is 6.07 Å². The number of amides is 2. The Bertz CT molecular complexity index is 507.